The second kappa shape index (κ2) is 6.59. The lowest BCUT2D eigenvalue weighted by Crippen LogP contribution is -2.44. The summed E-state index contributed by atoms with van der Waals surface area (Å²) in [4.78, 5) is 21.4. The van der Waals surface area contributed by atoms with E-state index >= 15 is 0 Å². The quantitative estimate of drug-likeness (QED) is 0.630. The first-order valence-electron chi connectivity index (χ1n) is 4.55. The van der Waals surface area contributed by atoms with E-state index in [-0.39, 0.29) is 24.6 Å². The number of hydrogen-bond acceptors (Lipinski definition) is 3. The highest BCUT2D eigenvalue weighted by Crippen LogP contribution is 2.11. The van der Waals surface area contributed by atoms with Gasteiger partial charge in [0.2, 0.25) is 0 Å². The van der Waals surface area contributed by atoms with Crippen LogP contribution >= 0.6 is 12.4 Å². The summed E-state index contributed by atoms with van der Waals surface area (Å²) < 4.78 is 0. The zero-order valence-electron chi connectivity index (χ0n) is 8.79. The number of halogens is 1. The summed E-state index contributed by atoms with van der Waals surface area (Å²) in [5.74, 6) is -1.06. The number of carboxylic acids is 1. The van der Waals surface area contributed by atoms with Gasteiger partial charge in [-0.3, -0.25) is 0 Å². The fourth-order valence-corrected chi connectivity index (χ4v) is 1.24. The molecule has 1 aromatic carbocycles. The molecule has 0 aliphatic rings. The van der Waals surface area contributed by atoms with Gasteiger partial charge in [-0.1, -0.05) is 12.1 Å². The molecule has 0 aliphatic heterocycles. The van der Waals surface area contributed by atoms with E-state index in [2.05, 4.69) is 5.32 Å². The maximum absolute atomic E-state index is 10.8. The number of carbonyl (C=O) groups is 2. The minimum atomic E-state index is -1.16. The van der Waals surface area contributed by atoms with Crippen LogP contribution in [0.2, 0.25) is 0 Å². The number of aromatic hydroxyl groups is 1. The number of aliphatic carboxylic acids is 1. The summed E-state index contributed by atoms with van der Waals surface area (Å²) in [5.41, 5.74) is 5.54. The normalized spacial score (nSPS) is 11.1. The third kappa shape index (κ3) is 5.07. The minimum Gasteiger partial charge on any atom is -0.508 e. The molecule has 0 bridgehead atoms. The number of rotatable bonds is 4. The van der Waals surface area contributed by atoms with Crippen LogP contribution in [0.15, 0.2) is 24.3 Å². The summed E-state index contributed by atoms with van der Waals surface area (Å²) in [6.07, 6.45) is 0.110. The van der Waals surface area contributed by atoms with E-state index in [0.29, 0.717) is 5.56 Å². The van der Waals surface area contributed by atoms with Gasteiger partial charge in [0.05, 0.1) is 0 Å². The molecular formula is C10H13ClN2O4. The van der Waals surface area contributed by atoms with Crippen molar-refractivity contribution >= 4 is 24.4 Å². The van der Waals surface area contributed by atoms with Crippen LogP contribution in [0.25, 0.3) is 0 Å². The molecule has 0 saturated heterocycles. The molecule has 6 nitrogen and oxygen atoms in total. The van der Waals surface area contributed by atoms with Gasteiger partial charge in [-0.25, -0.2) is 9.59 Å². The number of primary amides is 1. The molecule has 5 N–H and O–H groups in total. The molecule has 0 spiro atoms. The zero-order chi connectivity index (χ0) is 12.1. The highest BCUT2D eigenvalue weighted by molar-refractivity contribution is 5.85. The van der Waals surface area contributed by atoms with Crippen LogP contribution in [0.4, 0.5) is 4.79 Å². The molecule has 0 saturated carbocycles. The Hall–Kier alpha value is -1.95. The van der Waals surface area contributed by atoms with Crippen molar-refractivity contribution in [2.75, 3.05) is 0 Å². The summed E-state index contributed by atoms with van der Waals surface area (Å²) in [5, 5.41) is 20.0. The van der Waals surface area contributed by atoms with Gasteiger partial charge in [0, 0.05) is 6.42 Å². The fourth-order valence-electron chi connectivity index (χ4n) is 1.24. The highest BCUT2D eigenvalue weighted by atomic mass is 35.5. The first-order valence-corrected chi connectivity index (χ1v) is 4.55. The third-order valence-corrected chi connectivity index (χ3v) is 1.99. The minimum absolute atomic E-state index is 0. The monoisotopic (exact) mass is 260 g/mol. The number of nitrogens with one attached hydrogen (secondary N) is 1. The Balaban J connectivity index is 0.00000256. The van der Waals surface area contributed by atoms with Crippen molar-refractivity contribution in [1.82, 2.24) is 5.32 Å². The number of nitrogens with two attached hydrogens (primary N) is 1. The second-order valence-electron chi connectivity index (χ2n) is 3.27. The van der Waals surface area contributed by atoms with Crippen molar-refractivity contribution in [2.24, 2.45) is 5.73 Å². The van der Waals surface area contributed by atoms with Crippen LogP contribution < -0.4 is 11.1 Å². The van der Waals surface area contributed by atoms with E-state index < -0.39 is 18.0 Å². The molecule has 0 fully saturated rings. The van der Waals surface area contributed by atoms with Crippen LogP contribution in [0, 0.1) is 0 Å². The molecule has 0 unspecified atom stereocenters. The SMILES string of the molecule is Cl.NC(=O)N[C@@H](Cc1ccc(O)cc1)C(=O)O. The lowest BCUT2D eigenvalue weighted by Gasteiger charge is -2.12. The average molecular weight is 261 g/mol. The Morgan fingerprint density at radius 3 is 2.24 bits per heavy atom. The summed E-state index contributed by atoms with van der Waals surface area (Å²) in [6.45, 7) is 0. The van der Waals surface area contributed by atoms with Crippen molar-refractivity contribution in [2.45, 2.75) is 12.5 Å². The predicted octanol–water partition coefficient (Wildman–Crippen LogP) is 0.478. The Bertz CT molecular complexity index is 394. The van der Waals surface area contributed by atoms with Gasteiger partial charge in [-0.05, 0) is 17.7 Å². The van der Waals surface area contributed by atoms with Crippen LogP contribution in [0.5, 0.6) is 5.75 Å². The van der Waals surface area contributed by atoms with Crippen LogP contribution in [-0.4, -0.2) is 28.3 Å². The molecule has 1 atom stereocenters. The van der Waals surface area contributed by atoms with Crippen molar-refractivity contribution in [3.8, 4) is 5.75 Å². The smallest absolute Gasteiger partial charge is 0.326 e. The molecule has 7 heteroatoms. The predicted molar refractivity (Wildman–Crippen MR) is 63.2 cm³/mol. The fraction of sp³-hybridized carbons (Fsp3) is 0.200. The Morgan fingerprint density at radius 1 is 1.29 bits per heavy atom. The maximum atomic E-state index is 10.8. The molecule has 1 aromatic rings. The van der Waals surface area contributed by atoms with Gasteiger partial charge >= 0.3 is 12.0 Å². The Labute approximate surface area is 104 Å². The number of benzene rings is 1. The molecular weight excluding hydrogens is 248 g/mol. The Kier molecular flexibility index (Phi) is 5.84. The number of urea groups is 1. The zero-order valence-corrected chi connectivity index (χ0v) is 9.61. The van der Waals surface area contributed by atoms with E-state index in [0.717, 1.165) is 0 Å². The lowest BCUT2D eigenvalue weighted by molar-refractivity contribution is -0.139. The number of amides is 2. The largest absolute Gasteiger partial charge is 0.508 e. The van der Waals surface area contributed by atoms with Crippen molar-refractivity contribution in [1.29, 1.82) is 0 Å². The van der Waals surface area contributed by atoms with Gasteiger partial charge in [0.25, 0.3) is 0 Å². The number of carboxylic acid groups (broad SMARTS) is 1. The molecule has 17 heavy (non-hydrogen) atoms. The van der Waals surface area contributed by atoms with Gasteiger partial charge in [-0.2, -0.15) is 0 Å². The molecule has 0 aromatic heterocycles. The van der Waals surface area contributed by atoms with E-state index in [1.165, 1.54) is 12.1 Å². The van der Waals surface area contributed by atoms with E-state index in [9.17, 15) is 9.59 Å². The number of phenols is 1. The first kappa shape index (κ1) is 15.0. The molecule has 1 rings (SSSR count). The second-order valence-corrected chi connectivity index (χ2v) is 3.27. The topological polar surface area (TPSA) is 113 Å². The van der Waals surface area contributed by atoms with E-state index in [1.807, 2.05) is 0 Å². The molecule has 0 aliphatic carbocycles. The van der Waals surface area contributed by atoms with Gasteiger partial charge in [0.1, 0.15) is 11.8 Å². The van der Waals surface area contributed by atoms with Crippen molar-refractivity contribution < 1.29 is 19.8 Å². The van der Waals surface area contributed by atoms with Gasteiger partial charge in [-0.15, -0.1) is 12.4 Å². The van der Waals surface area contributed by atoms with Crippen LogP contribution in [0.1, 0.15) is 5.56 Å². The number of carbonyl (C=O) groups excluding carboxylic acids is 1. The summed E-state index contributed by atoms with van der Waals surface area (Å²) >= 11 is 0. The summed E-state index contributed by atoms with van der Waals surface area (Å²) in [7, 11) is 0. The number of phenolic OH excluding ortho intramolecular Hbond substituents is 1. The van der Waals surface area contributed by atoms with Crippen LogP contribution in [-0.2, 0) is 11.2 Å². The van der Waals surface area contributed by atoms with E-state index in [1.54, 1.807) is 12.1 Å². The Morgan fingerprint density at radius 2 is 1.82 bits per heavy atom. The number of hydrogen-bond donors (Lipinski definition) is 4. The standard InChI is InChI=1S/C10H12N2O4.ClH/c11-10(16)12-8(9(14)15)5-6-1-3-7(13)4-2-6;/h1-4,8,13H,5H2,(H,14,15)(H3,11,12,16);1H/t8-;/m0./s1. The summed E-state index contributed by atoms with van der Waals surface area (Å²) in [6, 6.07) is 4.09. The first-order chi connectivity index (χ1) is 7.49. The molecule has 94 valence electrons. The molecule has 0 radical (unpaired) electrons. The van der Waals surface area contributed by atoms with Gasteiger partial charge < -0.3 is 21.3 Å². The lowest BCUT2D eigenvalue weighted by atomic mass is 10.1. The molecule has 0 heterocycles. The average Bonchev–Trinajstić information content (AvgIpc) is 2.19. The third-order valence-electron chi connectivity index (χ3n) is 1.99. The van der Waals surface area contributed by atoms with Crippen LogP contribution in [0.3, 0.4) is 0 Å². The van der Waals surface area contributed by atoms with E-state index in [4.69, 9.17) is 15.9 Å². The highest BCUT2D eigenvalue weighted by Gasteiger charge is 2.18. The van der Waals surface area contributed by atoms with Crippen molar-refractivity contribution in [3.63, 3.8) is 0 Å². The molecule has 2 amide bonds. The van der Waals surface area contributed by atoms with Gasteiger partial charge in [0.15, 0.2) is 0 Å². The van der Waals surface area contributed by atoms with Crippen molar-refractivity contribution in [3.05, 3.63) is 29.8 Å². The maximum Gasteiger partial charge on any atom is 0.326 e.